The Morgan fingerprint density at radius 2 is 1.75 bits per heavy atom. The molecule has 1 atom stereocenters. The number of piperazine rings is 1. The Morgan fingerprint density at radius 1 is 0.969 bits per heavy atom. The number of methoxy groups -OCH3 is 2. The first-order valence-corrected chi connectivity index (χ1v) is 11.1. The molecule has 0 amide bonds. The van der Waals surface area contributed by atoms with Crippen LogP contribution in [0.2, 0.25) is 0 Å². The molecule has 1 aliphatic heterocycles. The quantitative estimate of drug-likeness (QED) is 0.538. The highest BCUT2D eigenvalue weighted by Gasteiger charge is 2.32. The number of ether oxygens (including phenoxy) is 2. The van der Waals surface area contributed by atoms with Gasteiger partial charge in [-0.15, -0.1) is 5.10 Å². The SMILES string of the molecule is COCCn1nnnc1C(c1ccccc1OC)N1CCN(c2cccc(C)c2C)CC1. The Labute approximate surface area is 189 Å². The lowest BCUT2D eigenvalue weighted by Crippen LogP contribution is -2.48. The summed E-state index contributed by atoms with van der Waals surface area (Å²) in [6.07, 6.45) is 0. The first-order chi connectivity index (χ1) is 15.6. The minimum Gasteiger partial charge on any atom is -0.496 e. The van der Waals surface area contributed by atoms with Crippen LogP contribution in [0.1, 0.15) is 28.6 Å². The van der Waals surface area contributed by atoms with E-state index in [0.717, 1.165) is 43.3 Å². The van der Waals surface area contributed by atoms with E-state index in [0.29, 0.717) is 13.2 Å². The van der Waals surface area contributed by atoms with Gasteiger partial charge in [0.25, 0.3) is 0 Å². The summed E-state index contributed by atoms with van der Waals surface area (Å²) in [6, 6.07) is 14.6. The van der Waals surface area contributed by atoms with E-state index in [9.17, 15) is 0 Å². The largest absolute Gasteiger partial charge is 0.496 e. The molecule has 0 spiro atoms. The van der Waals surface area contributed by atoms with Gasteiger partial charge in [0, 0.05) is 44.5 Å². The van der Waals surface area contributed by atoms with Crippen LogP contribution < -0.4 is 9.64 Å². The fraction of sp³-hybridized carbons (Fsp3) is 0.458. The zero-order valence-electron chi connectivity index (χ0n) is 19.4. The van der Waals surface area contributed by atoms with Crippen LogP contribution in [0.5, 0.6) is 5.75 Å². The van der Waals surface area contributed by atoms with Gasteiger partial charge in [0.15, 0.2) is 5.82 Å². The van der Waals surface area contributed by atoms with Gasteiger partial charge in [0.2, 0.25) is 0 Å². The molecule has 0 aliphatic carbocycles. The minimum absolute atomic E-state index is 0.0984. The highest BCUT2D eigenvalue weighted by Crippen LogP contribution is 2.35. The van der Waals surface area contributed by atoms with Gasteiger partial charge in [-0.2, -0.15) is 0 Å². The summed E-state index contributed by atoms with van der Waals surface area (Å²) >= 11 is 0. The highest BCUT2D eigenvalue weighted by molar-refractivity contribution is 5.56. The maximum absolute atomic E-state index is 5.72. The highest BCUT2D eigenvalue weighted by atomic mass is 16.5. The van der Waals surface area contributed by atoms with Crippen molar-refractivity contribution >= 4 is 5.69 Å². The number of para-hydroxylation sites is 1. The van der Waals surface area contributed by atoms with Gasteiger partial charge in [-0.3, -0.25) is 4.90 Å². The molecule has 170 valence electrons. The third kappa shape index (κ3) is 4.47. The van der Waals surface area contributed by atoms with Crippen LogP contribution in [0.15, 0.2) is 42.5 Å². The average molecular weight is 437 g/mol. The van der Waals surface area contributed by atoms with Gasteiger partial charge in [-0.05, 0) is 47.5 Å². The molecule has 2 aromatic carbocycles. The molecule has 8 heteroatoms. The van der Waals surface area contributed by atoms with Crippen molar-refractivity contribution in [1.82, 2.24) is 25.1 Å². The number of aryl methyl sites for hydroxylation is 1. The fourth-order valence-electron chi connectivity index (χ4n) is 4.44. The number of anilines is 1. The first kappa shape index (κ1) is 22.2. The maximum Gasteiger partial charge on any atom is 0.173 e. The number of hydrogen-bond donors (Lipinski definition) is 0. The summed E-state index contributed by atoms with van der Waals surface area (Å²) < 4.78 is 12.8. The third-order valence-corrected chi connectivity index (χ3v) is 6.34. The number of nitrogens with zero attached hydrogens (tertiary/aromatic N) is 6. The molecule has 0 radical (unpaired) electrons. The Morgan fingerprint density at radius 3 is 2.50 bits per heavy atom. The molecule has 1 aliphatic rings. The molecular weight excluding hydrogens is 404 g/mol. The maximum atomic E-state index is 5.72. The van der Waals surface area contributed by atoms with E-state index < -0.39 is 0 Å². The van der Waals surface area contributed by atoms with Gasteiger partial charge >= 0.3 is 0 Å². The van der Waals surface area contributed by atoms with Crippen molar-refractivity contribution in [3.05, 3.63) is 65.0 Å². The Bertz CT molecular complexity index is 1030. The Hall–Kier alpha value is -2.97. The summed E-state index contributed by atoms with van der Waals surface area (Å²) in [6.45, 7) is 9.21. The summed E-state index contributed by atoms with van der Waals surface area (Å²) in [5, 5.41) is 12.7. The van der Waals surface area contributed by atoms with Crippen LogP contribution in [-0.2, 0) is 11.3 Å². The zero-order valence-corrected chi connectivity index (χ0v) is 19.4. The van der Waals surface area contributed by atoms with E-state index in [1.54, 1.807) is 14.2 Å². The lowest BCUT2D eigenvalue weighted by molar-refractivity contribution is 0.171. The number of tetrazole rings is 1. The van der Waals surface area contributed by atoms with Crippen molar-refractivity contribution < 1.29 is 9.47 Å². The number of benzene rings is 2. The number of hydrogen-bond acceptors (Lipinski definition) is 7. The second-order valence-electron chi connectivity index (χ2n) is 8.14. The van der Waals surface area contributed by atoms with Crippen LogP contribution >= 0.6 is 0 Å². The molecule has 0 N–H and O–H groups in total. The van der Waals surface area contributed by atoms with E-state index in [4.69, 9.17) is 9.47 Å². The normalized spacial score (nSPS) is 15.7. The molecule has 1 saturated heterocycles. The molecule has 1 unspecified atom stereocenters. The van der Waals surface area contributed by atoms with E-state index in [1.165, 1.54) is 16.8 Å². The second kappa shape index (κ2) is 10.1. The first-order valence-electron chi connectivity index (χ1n) is 11.1. The molecule has 0 saturated carbocycles. The molecular formula is C24H32N6O2. The van der Waals surface area contributed by atoms with Crippen LogP contribution in [0.3, 0.4) is 0 Å². The second-order valence-corrected chi connectivity index (χ2v) is 8.14. The van der Waals surface area contributed by atoms with E-state index in [2.05, 4.69) is 63.4 Å². The summed E-state index contributed by atoms with van der Waals surface area (Å²) in [5.74, 6) is 1.66. The van der Waals surface area contributed by atoms with Crippen molar-refractivity contribution in [2.75, 3.05) is 51.9 Å². The van der Waals surface area contributed by atoms with Crippen molar-refractivity contribution in [1.29, 1.82) is 0 Å². The molecule has 32 heavy (non-hydrogen) atoms. The van der Waals surface area contributed by atoms with Crippen LogP contribution in [0.4, 0.5) is 5.69 Å². The number of aromatic nitrogens is 4. The van der Waals surface area contributed by atoms with E-state index in [-0.39, 0.29) is 6.04 Å². The van der Waals surface area contributed by atoms with Crippen molar-refractivity contribution in [2.24, 2.45) is 0 Å². The molecule has 4 rings (SSSR count). The fourth-order valence-corrected chi connectivity index (χ4v) is 4.44. The molecule has 3 aromatic rings. The monoisotopic (exact) mass is 436 g/mol. The smallest absolute Gasteiger partial charge is 0.173 e. The van der Waals surface area contributed by atoms with Gasteiger partial charge < -0.3 is 14.4 Å². The predicted molar refractivity (Wildman–Crippen MR) is 124 cm³/mol. The van der Waals surface area contributed by atoms with Crippen LogP contribution in [0.25, 0.3) is 0 Å². The van der Waals surface area contributed by atoms with Gasteiger partial charge in [0.1, 0.15) is 11.8 Å². The lowest BCUT2D eigenvalue weighted by Gasteiger charge is -2.40. The average Bonchev–Trinajstić information content (AvgIpc) is 3.28. The summed E-state index contributed by atoms with van der Waals surface area (Å²) in [5.41, 5.74) is 5.08. The topological polar surface area (TPSA) is 68.5 Å². The zero-order chi connectivity index (χ0) is 22.5. The molecule has 8 nitrogen and oxygen atoms in total. The van der Waals surface area contributed by atoms with Crippen molar-refractivity contribution in [2.45, 2.75) is 26.4 Å². The minimum atomic E-state index is -0.0984. The van der Waals surface area contributed by atoms with Crippen molar-refractivity contribution in [3.8, 4) is 5.75 Å². The third-order valence-electron chi connectivity index (χ3n) is 6.34. The molecule has 2 heterocycles. The summed E-state index contributed by atoms with van der Waals surface area (Å²) in [7, 11) is 3.40. The lowest BCUT2D eigenvalue weighted by atomic mass is 10.0. The Kier molecular flexibility index (Phi) is 7.02. The van der Waals surface area contributed by atoms with Gasteiger partial charge in [-0.1, -0.05) is 30.3 Å². The standard InChI is InChI=1S/C24H32N6O2/c1-18-8-7-10-21(19(18)2)28-12-14-29(15-13-28)23(20-9-5-6-11-22(20)32-4)24-25-26-27-30(24)16-17-31-3/h5-11,23H,12-17H2,1-4H3. The van der Waals surface area contributed by atoms with Crippen molar-refractivity contribution in [3.63, 3.8) is 0 Å². The van der Waals surface area contributed by atoms with Crippen LogP contribution in [0, 0.1) is 13.8 Å². The van der Waals surface area contributed by atoms with Crippen LogP contribution in [-0.4, -0.2) is 72.1 Å². The van der Waals surface area contributed by atoms with Gasteiger partial charge in [0.05, 0.1) is 20.3 Å². The Balaban J connectivity index is 1.63. The van der Waals surface area contributed by atoms with E-state index in [1.807, 2.05) is 22.9 Å². The molecule has 0 bridgehead atoms. The molecule has 1 fully saturated rings. The van der Waals surface area contributed by atoms with Gasteiger partial charge in [-0.25, -0.2) is 4.68 Å². The molecule has 1 aromatic heterocycles. The summed E-state index contributed by atoms with van der Waals surface area (Å²) in [4.78, 5) is 4.93. The number of rotatable bonds is 8. The van der Waals surface area contributed by atoms with E-state index >= 15 is 0 Å². The predicted octanol–water partition coefficient (Wildman–Crippen LogP) is 2.86.